The number of para-hydroxylation sites is 2. The number of sulfonamides is 1. The number of anilines is 1. The Morgan fingerprint density at radius 2 is 1.58 bits per heavy atom. The fourth-order valence-electron chi connectivity index (χ4n) is 3.91. The van der Waals surface area contributed by atoms with E-state index in [0.29, 0.717) is 11.4 Å². The Morgan fingerprint density at radius 1 is 0.909 bits per heavy atom. The molecule has 0 aliphatic rings. The molecule has 1 aromatic heterocycles. The third kappa shape index (κ3) is 4.29. The van der Waals surface area contributed by atoms with Gasteiger partial charge in [0.1, 0.15) is 5.69 Å². The monoisotopic (exact) mass is 461 g/mol. The zero-order valence-corrected chi connectivity index (χ0v) is 19.9. The quantitative estimate of drug-likeness (QED) is 0.400. The molecule has 3 aromatic carbocycles. The smallest absolute Gasteiger partial charge is 0.272 e. The summed E-state index contributed by atoms with van der Waals surface area (Å²) in [6.45, 7) is 4.22. The van der Waals surface area contributed by atoms with Crippen molar-refractivity contribution in [2.45, 2.75) is 24.7 Å². The molecule has 0 saturated heterocycles. The van der Waals surface area contributed by atoms with Crippen LogP contribution in [0.15, 0.2) is 77.7 Å². The number of nitrogens with zero attached hydrogens (tertiary/aromatic N) is 1. The van der Waals surface area contributed by atoms with Crippen LogP contribution in [0, 0.1) is 0 Å². The van der Waals surface area contributed by atoms with Crippen molar-refractivity contribution in [3.63, 3.8) is 0 Å². The van der Waals surface area contributed by atoms with Crippen molar-refractivity contribution in [2.24, 2.45) is 0 Å². The van der Waals surface area contributed by atoms with Crippen LogP contribution in [-0.4, -0.2) is 37.7 Å². The van der Waals surface area contributed by atoms with Gasteiger partial charge in [0, 0.05) is 30.7 Å². The van der Waals surface area contributed by atoms with Gasteiger partial charge in [-0.2, -0.15) is 0 Å². The standard InChI is InChI=1S/C26H27N3O3S/c1-17(2)21-11-8-12-22-23(18-13-15-20(16-14-18)33(31,32)29(3)4)25(28-24(21)22)26(30)27-19-9-6-5-7-10-19/h5-17,28H,1-4H3,(H,27,30). The Kier molecular flexibility index (Phi) is 6.10. The van der Waals surface area contributed by atoms with Crippen LogP contribution in [0.3, 0.4) is 0 Å². The number of amides is 1. The molecule has 170 valence electrons. The van der Waals surface area contributed by atoms with Gasteiger partial charge >= 0.3 is 0 Å². The average molecular weight is 462 g/mol. The number of aromatic nitrogens is 1. The fourth-order valence-corrected chi connectivity index (χ4v) is 4.81. The number of aromatic amines is 1. The zero-order chi connectivity index (χ0) is 23.8. The molecule has 1 heterocycles. The maximum atomic E-state index is 13.3. The first kappa shape index (κ1) is 22.8. The van der Waals surface area contributed by atoms with E-state index in [1.165, 1.54) is 18.4 Å². The van der Waals surface area contributed by atoms with Crippen LogP contribution >= 0.6 is 0 Å². The van der Waals surface area contributed by atoms with Crippen LogP contribution in [0.4, 0.5) is 5.69 Å². The summed E-state index contributed by atoms with van der Waals surface area (Å²) in [5.74, 6) is 0.00457. The minimum atomic E-state index is -3.54. The Hall–Kier alpha value is -3.42. The van der Waals surface area contributed by atoms with Gasteiger partial charge < -0.3 is 10.3 Å². The SMILES string of the molecule is CC(C)c1cccc2c(-c3ccc(S(=O)(=O)N(C)C)cc3)c(C(=O)Nc3ccccc3)[nH]c12. The van der Waals surface area contributed by atoms with Gasteiger partial charge in [-0.3, -0.25) is 4.79 Å². The molecule has 0 aliphatic carbocycles. The summed E-state index contributed by atoms with van der Waals surface area (Å²) in [5, 5.41) is 3.87. The van der Waals surface area contributed by atoms with E-state index < -0.39 is 10.0 Å². The predicted molar refractivity (Wildman–Crippen MR) is 133 cm³/mol. The van der Waals surface area contributed by atoms with Crippen LogP contribution in [-0.2, 0) is 10.0 Å². The van der Waals surface area contributed by atoms with Crippen LogP contribution < -0.4 is 5.32 Å². The van der Waals surface area contributed by atoms with Crippen molar-refractivity contribution >= 4 is 32.5 Å². The first-order chi connectivity index (χ1) is 15.7. The van der Waals surface area contributed by atoms with Gasteiger partial charge in [-0.15, -0.1) is 0 Å². The Morgan fingerprint density at radius 3 is 2.18 bits per heavy atom. The van der Waals surface area contributed by atoms with E-state index in [-0.39, 0.29) is 16.7 Å². The summed E-state index contributed by atoms with van der Waals surface area (Å²) in [5.41, 5.74) is 4.66. The molecule has 0 fully saturated rings. The third-order valence-electron chi connectivity index (χ3n) is 5.67. The second kappa shape index (κ2) is 8.84. The maximum absolute atomic E-state index is 13.3. The molecule has 4 aromatic rings. The molecule has 0 unspecified atom stereocenters. The number of hydrogen-bond acceptors (Lipinski definition) is 3. The summed E-state index contributed by atoms with van der Waals surface area (Å²) in [7, 11) is -0.539. The number of nitrogens with one attached hydrogen (secondary N) is 2. The number of rotatable bonds is 6. The Bertz CT molecular complexity index is 1400. The average Bonchev–Trinajstić information content (AvgIpc) is 3.19. The van der Waals surface area contributed by atoms with Crippen molar-refractivity contribution in [3.8, 4) is 11.1 Å². The van der Waals surface area contributed by atoms with E-state index in [0.717, 1.165) is 27.6 Å². The summed E-state index contributed by atoms with van der Waals surface area (Å²) < 4.78 is 26.2. The van der Waals surface area contributed by atoms with Gasteiger partial charge in [0.2, 0.25) is 10.0 Å². The highest BCUT2D eigenvalue weighted by Gasteiger charge is 2.23. The van der Waals surface area contributed by atoms with Crippen LogP contribution in [0.5, 0.6) is 0 Å². The summed E-state index contributed by atoms with van der Waals surface area (Å²) >= 11 is 0. The summed E-state index contributed by atoms with van der Waals surface area (Å²) in [6.07, 6.45) is 0. The second-order valence-corrected chi connectivity index (χ2v) is 10.6. The normalized spacial score (nSPS) is 11.9. The summed E-state index contributed by atoms with van der Waals surface area (Å²) in [6, 6.07) is 22.0. The van der Waals surface area contributed by atoms with E-state index in [9.17, 15) is 13.2 Å². The molecular formula is C26H27N3O3S. The molecule has 7 heteroatoms. The lowest BCUT2D eigenvalue weighted by atomic mass is 9.97. The van der Waals surface area contributed by atoms with Crippen LogP contribution in [0.25, 0.3) is 22.0 Å². The molecule has 0 aliphatic heterocycles. The van der Waals surface area contributed by atoms with Gasteiger partial charge in [-0.1, -0.05) is 62.4 Å². The molecule has 33 heavy (non-hydrogen) atoms. The van der Waals surface area contributed by atoms with E-state index >= 15 is 0 Å². The molecule has 0 spiro atoms. The largest absolute Gasteiger partial charge is 0.350 e. The minimum absolute atomic E-state index is 0.203. The molecule has 0 radical (unpaired) electrons. The van der Waals surface area contributed by atoms with Gasteiger partial charge in [-0.05, 0) is 41.3 Å². The van der Waals surface area contributed by atoms with E-state index in [1.54, 1.807) is 24.3 Å². The molecular weight excluding hydrogens is 434 g/mol. The molecule has 1 amide bonds. The van der Waals surface area contributed by atoms with Gasteiger partial charge in [0.15, 0.2) is 0 Å². The summed E-state index contributed by atoms with van der Waals surface area (Å²) in [4.78, 5) is 16.9. The molecule has 0 atom stereocenters. The minimum Gasteiger partial charge on any atom is -0.350 e. The van der Waals surface area contributed by atoms with Gasteiger partial charge in [0.25, 0.3) is 5.91 Å². The lowest BCUT2D eigenvalue weighted by molar-refractivity contribution is 0.102. The lowest BCUT2D eigenvalue weighted by Gasteiger charge is -2.12. The van der Waals surface area contributed by atoms with E-state index in [1.807, 2.05) is 42.5 Å². The van der Waals surface area contributed by atoms with Crippen molar-refractivity contribution < 1.29 is 13.2 Å². The lowest BCUT2D eigenvalue weighted by Crippen LogP contribution is -2.22. The van der Waals surface area contributed by atoms with Gasteiger partial charge in [-0.25, -0.2) is 12.7 Å². The number of benzene rings is 3. The van der Waals surface area contributed by atoms with Crippen molar-refractivity contribution in [3.05, 3.63) is 84.1 Å². The third-order valence-corrected chi connectivity index (χ3v) is 7.50. The number of carbonyl (C=O) groups is 1. The van der Waals surface area contributed by atoms with E-state index in [2.05, 4.69) is 30.2 Å². The molecule has 6 nitrogen and oxygen atoms in total. The van der Waals surface area contributed by atoms with Crippen molar-refractivity contribution in [2.75, 3.05) is 19.4 Å². The molecule has 4 rings (SSSR count). The molecule has 2 N–H and O–H groups in total. The number of carbonyl (C=O) groups excluding carboxylic acids is 1. The number of H-pyrrole nitrogens is 1. The van der Waals surface area contributed by atoms with Crippen molar-refractivity contribution in [1.82, 2.24) is 9.29 Å². The van der Waals surface area contributed by atoms with Crippen LogP contribution in [0.2, 0.25) is 0 Å². The first-order valence-corrected chi connectivity index (χ1v) is 12.2. The Balaban J connectivity index is 1.88. The van der Waals surface area contributed by atoms with Crippen LogP contribution in [0.1, 0.15) is 35.8 Å². The first-order valence-electron chi connectivity index (χ1n) is 10.7. The highest BCUT2D eigenvalue weighted by Crippen LogP contribution is 2.36. The maximum Gasteiger partial charge on any atom is 0.272 e. The van der Waals surface area contributed by atoms with Crippen molar-refractivity contribution in [1.29, 1.82) is 0 Å². The predicted octanol–water partition coefficient (Wildman–Crippen LogP) is 5.46. The molecule has 0 bridgehead atoms. The number of hydrogen-bond donors (Lipinski definition) is 2. The zero-order valence-electron chi connectivity index (χ0n) is 19.1. The number of fused-ring (bicyclic) bond motifs is 1. The van der Waals surface area contributed by atoms with Gasteiger partial charge in [0.05, 0.1) is 10.4 Å². The molecule has 0 saturated carbocycles. The topological polar surface area (TPSA) is 82.3 Å². The fraction of sp³-hybridized carbons (Fsp3) is 0.192. The Labute approximate surface area is 194 Å². The second-order valence-electron chi connectivity index (χ2n) is 8.43. The highest BCUT2D eigenvalue weighted by molar-refractivity contribution is 7.89. The van der Waals surface area contributed by atoms with E-state index in [4.69, 9.17) is 0 Å². The highest BCUT2D eigenvalue weighted by atomic mass is 32.2.